The smallest absolute Gasteiger partial charge is 0.187 e. The highest BCUT2D eigenvalue weighted by molar-refractivity contribution is 5.99. The number of ether oxygens (including phenoxy) is 1. The first-order valence-corrected chi connectivity index (χ1v) is 3.80. The summed E-state index contributed by atoms with van der Waals surface area (Å²) in [5, 5.41) is 18.3. The molecule has 66 valence electrons. The molecule has 1 saturated heterocycles. The number of fused-ring (bicyclic) bond motifs is 1. The maximum absolute atomic E-state index is 11.1. The van der Waals surface area contributed by atoms with Gasteiger partial charge in [-0.05, 0) is 18.6 Å². The molecule has 0 radical (unpaired) electrons. The normalized spacial score (nSPS) is 45.2. The zero-order chi connectivity index (χ0) is 8.93. The average Bonchev–Trinajstić information content (AvgIpc) is 2.73. The van der Waals surface area contributed by atoms with Crippen LogP contribution >= 0.6 is 0 Å². The van der Waals surface area contributed by atoms with Gasteiger partial charge in [-0.2, -0.15) is 0 Å². The van der Waals surface area contributed by atoms with Crippen molar-refractivity contribution in [1.82, 2.24) is 0 Å². The number of hydrogen-bond donors (Lipinski definition) is 2. The van der Waals surface area contributed by atoms with Crippen LogP contribution in [0.1, 0.15) is 6.92 Å². The van der Waals surface area contributed by atoms with Crippen LogP contribution in [0, 0.1) is 0 Å². The molecule has 0 aromatic rings. The largest absolute Gasteiger partial charge is 0.392 e. The zero-order valence-corrected chi connectivity index (χ0v) is 6.65. The third-order valence-electron chi connectivity index (χ3n) is 2.50. The SMILES string of the molecule is C[C@@]12O[C@@H]1C(=O)C=C(CO)[C@@H]2O. The van der Waals surface area contributed by atoms with Gasteiger partial charge in [-0.3, -0.25) is 4.79 Å². The maximum atomic E-state index is 11.1. The number of carbonyl (C=O) groups excluding carboxylic acids is 1. The Balaban J connectivity index is 2.33. The lowest BCUT2D eigenvalue weighted by atomic mass is 9.87. The molecule has 12 heavy (non-hydrogen) atoms. The third kappa shape index (κ3) is 0.798. The molecule has 0 aromatic carbocycles. The predicted octanol–water partition coefficient (Wildman–Crippen LogP) is -0.994. The van der Waals surface area contributed by atoms with Crippen LogP contribution in [0.2, 0.25) is 0 Å². The minimum Gasteiger partial charge on any atom is -0.392 e. The van der Waals surface area contributed by atoms with E-state index in [9.17, 15) is 9.90 Å². The summed E-state index contributed by atoms with van der Waals surface area (Å²) in [6, 6.07) is 0. The fourth-order valence-corrected chi connectivity index (χ4v) is 1.61. The second kappa shape index (κ2) is 2.16. The van der Waals surface area contributed by atoms with Crippen molar-refractivity contribution in [3.8, 4) is 0 Å². The number of aliphatic hydroxyl groups is 2. The van der Waals surface area contributed by atoms with Gasteiger partial charge >= 0.3 is 0 Å². The van der Waals surface area contributed by atoms with Crippen LogP contribution in [0.5, 0.6) is 0 Å². The molecule has 1 heterocycles. The Morgan fingerprint density at radius 1 is 1.75 bits per heavy atom. The molecule has 4 heteroatoms. The van der Waals surface area contributed by atoms with Crippen LogP contribution in [0.3, 0.4) is 0 Å². The van der Waals surface area contributed by atoms with E-state index in [4.69, 9.17) is 9.84 Å². The van der Waals surface area contributed by atoms with Crippen molar-refractivity contribution in [1.29, 1.82) is 0 Å². The lowest BCUT2D eigenvalue weighted by Crippen LogP contribution is -2.38. The molecule has 1 fully saturated rings. The first kappa shape index (κ1) is 7.91. The van der Waals surface area contributed by atoms with Gasteiger partial charge in [-0.15, -0.1) is 0 Å². The topological polar surface area (TPSA) is 70.1 Å². The van der Waals surface area contributed by atoms with Gasteiger partial charge in [-0.25, -0.2) is 0 Å². The Hall–Kier alpha value is -0.710. The number of aliphatic hydroxyl groups excluding tert-OH is 2. The maximum Gasteiger partial charge on any atom is 0.187 e. The Bertz CT molecular complexity index is 270. The highest BCUT2D eigenvalue weighted by Gasteiger charge is 2.63. The monoisotopic (exact) mass is 170 g/mol. The summed E-state index contributed by atoms with van der Waals surface area (Å²) in [6.07, 6.45) is -0.0719. The van der Waals surface area contributed by atoms with E-state index in [2.05, 4.69) is 0 Å². The van der Waals surface area contributed by atoms with Crippen molar-refractivity contribution in [3.05, 3.63) is 11.6 Å². The van der Waals surface area contributed by atoms with Crippen LogP contribution in [-0.4, -0.2) is 40.4 Å². The molecule has 0 saturated carbocycles. The molecule has 3 atom stereocenters. The Labute approximate surface area is 69.5 Å². The number of rotatable bonds is 1. The van der Waals surface area contributed by atoms with E-state index < -0.39 is 17.8 Å². The van der Waals surface area contributed by atoms with Crippen LogP contribution in [0.15, 0.2) is 11.6 Å². The Morgan fingerprint density at radius 2 is 2.42 bits per heavy atom. The van der Waals surface area contributed by atoms with Crippen molar-refractivity contribution in [2.75, 3.05) is 6.61 Å². The van der Waals surface area contributed by atoms with E-state index in [1.807, 2.05) is 0 Å². The van der Waals surface area contributed by atoms with Gasteiger partial charge in [0.2, 0.25) is 0 Å². The molecule has 2 rings (SSSR count). The van der Waals surface area contributed by atoms with E-state index in [-0.39, 0.29) is 12.4 Å². The van der Waals surface area contributed by atoms with Gasteiger partial charge in [-0.1, -0.05) is 0 Å². The fourth-order valence-electron chi connectivity index (χ4n) is 1.61. The molecule has 2 N–H and O–H groups in total. The lowest BCUT2D eigenvalue weighted by Gasteiger charge is -2.20. The number of carbonyl (C=O) groups is 1. The number of ketones is 1. The van der Waals surface area contributed by atoms with Gasteiger partial charge in [0.25, 0.3) is 0 Å². The first-order chi connectivity index (χ1) is 5.59. The van der Waals surface area contributed by atoms with Gasteiger partial charge in [0.1, 0.15) is 11.7 Å². The van der Waals surface area contributed by atoms with Crippen molar-refractivity contribution in [3.63, 3.8) is 0 Å². The van der Waals surface area contributed by atoms with Crippen molar-refractivity contribution >= 4 is 5.78 Å². The van der Waals surface area contributed by atoms with Gasteiger partial charge in [0.15, 0.2) is 11.9 Å². The van der Waals surface area contributed by atoms with Crippen LogP contribution in [0.25, 0.3) is 0 Å². The first-order valence-electron chi connectivity index (χ1n) is 3.80. The van der Waals surface area contributed by atoms with Crippen LogP contribution < -0.4 is 0 Å². The van der Waals surface area contributed by atoms with Crippen molar-refractivity contribution in [2.24, 2.45) is 0 Å². The summed E-state index contributed by atoms with van der Waals surface area (Å²) in [4.78, 5) is 11.1. The van der Waals surface area contributed by atoms with E-state index in [1.54, 1.807) is 6.92 Å². The van der Waals surface area contributed by atoms with Crippen molar-refractivity contribution in [2.45, 2.75) is 24.7 Å². The minimum absolute atomic E-state index is 0.160. The summed E-state index contributed by atoms with van der Waals surface area (Å²) in [5.74, 6) is -0.160. The molecule has 0 spiro atoms. The van der Waals surface area contributed by atoms with Crippen LogP contribution in [0.4, 0.5) is 0 Å². The molecule has 2 aliphatic rings. The van der Waals surface area contributed by atoms with E-state index >= 15 is 0 Å². The molecule has 0 amide bonds. The molecule has 0 aromatic heterocycles. The Morgan fingerprint density at radius 3 is 3.00 bits per heavy atom. The third-order valence-corrected chi connectivity index (χ3v) is 2.50. The van der Waals surface area contributed by atoms with Crippen LogP contribution in [-0.2, 0) is 9.53 Å². The molecular weight excluding hydrogens is 160 g/mol. The average molecular weight is 170 g/mol. The lowest BCUT2D eigenvalue weighted by molar-refractivity contribution is -0.116. The second-order valence-corrected chi connectivity index (χ2v) is 3.36. The van der Waals surface area contributed by atoms with Gasteiger partial charge in [0.05, 0.1) is 6.61 Å². The highest BCUT2D eigenvalue weighted by Crippen LogP contribution is 2.45. The number of hydrogen-bond acceptors (Lipinski definition) is 4. The molecular formula is C8H10O4. The summed E-state index contributed by atoms with van der Waals surface area (Å²) in [7, 11) is 0. The van der Waals surface area contributed by atoms with E-state index in [0.29, 0.717) is 5.57 Å². The van der Waals surface area contributed by atoms with Gasteiger partial charge in [0, 0.05) is 0 Å². The zero-order valence-electron chi connectivity index (χ0n) is 6.65. The molecule has 4 nitrogen and oxygen atoms in total. The number of epoxide rings is 1. The minimum atomic E-state index is -0.842. The van der Waals surface area contributed by atoms with Gasteiger partial charge < -0.3 is 14.9 Å². The van der Waals surface area contributed by atoms with Crippen molar-refractivity contribution < 1.29 is 19.7 Å². The fraction of sp³-hybridized carbons (Fsp3) is 0.625. The standard InChI is InChI=1S/C8H10O4/c1-8-6(11)4(3-9)2-5(10)7(8)12-8/h2,6-7,9,11H,3H2,1H3/t6-,7+,8-/m0/s1. The quantitative estimate of drug-likeness (QED) is 0.495. The molecule has 0 bridgehead atoms. The Kier molecular flexibility index (Phi) is 1.42. The second-order valence-electron chi connectivity index (χ2n) is 3.36. The molecule has 0 unspecified atom stereocenters. The molecule has 1 aliphatic carbocycles. The highest BCUT2D eigenvalue weighted by atomic mass is 16.6. The van der Waals surface area contributed by atoms with E-state index in [1.165, 1.54) is 6.08 Å². The summed E-state index contributed by atoms with van der Waals surface area (Å²) in [5.41, 5.74) is -0.430. The summed E-state index contributed by atoms with van der Waals surface area (Å²) in [6.45, 7) is 1.38. The summed E-state index contributed by atoms with van der Waals surface area (Å²) < 4.78 is 5.06. The molecule has 1 aliphatic heterocycles. The summed E-state index contributed by atoms with van der Waals surface area (Å²) >= 11 is 0. The van der Waals surface area contributed by atoms with E-state index in [0.717, 1.165) is 0 Å². The predicted molar refractivity (Wildman–Crippen MR) is 39.5 cm³/mol.